The molecule has 0 N–H and O–H groups in total. The van der Waals surface area contributed by atoms with E-state index < -0.39 is 0 Å². The Balaban J connectivity index is 0. The van der Waals surface area contributed by atoms with E-state index in [0.29, 0.717) is 0 Å². The smallest absolute Gasteiger partial charge is 0 e. The molecule has 0 heterocycles. The SMILES string of the molecule is [AlH3].[Ce].[Co].[Zr]. The number of rotatable bonds is 0. The van der Waals surface area contributed by atoms with Gasteiger partial charge in [0.25, 0.3) is 0 Å². The molecule has 0 atom stereocenters. The molecule has 0 fully saturated rings. The first kappa shape index (κ1) is 26.6. The van der Waals surface area contributed by atoms with Crippen LogP contribution in [-0.2, 0) is 43.0 Å². The molecule has 0 aromatic rings. The molecule has 0 spiro atoms. The third-order valence-corrected chi connectivity index (χ3v) is 0. The van der Waals surface area contributed by atoms with Crippen molar-refractivity contribution in [3.05, 3.63) is 0 Å². The van der Waals surface area contributed by atoms with Gasteiger partial charge in [-0.1, -0.05) is 0 Å². The van der Waals surface area contributed by atoms with Gasteiger partial charge in [-0.05, 0) is 0 Å². The van der Waals surface area contributed by atoms with Crippen molar-refractivity contribution in [1.82, 2.24) is 0 Å². The van der Waals surface area contributed by atoms with Crippen LogP contribution in [0, 0.1) is 41.7 Å². The van der Waals surface area contributed by atoms with Crippen molar-refractivity contribution in [2.45, 2.75) is 0 Å². The summed E-state index contributed by atoms with van der Waals surface area (Å²) in [6.45, 7) is 0. The molecule has 0 aliphatic carbocycles. The fraction of sp³-hybridized carbons (Fsp3) is 0. The predicted molar refractivity (Wildman–Crippen MR) is 9.94 cm³/mol. The Kier molecular flexibility index (Phi) is 108. The van der Waals surface area contributed by atoms with Gasteiger partial charge < -0.3 is 0 Å². The summed E-state index contributed by atoms with van der Waals surface area (Å²) >= 11 is 0. The van der Waals surface area contributed by atoms with Crippen molar-refractivity contribution in [1.29, 1.82) is 0 Å². The van der Waals surface area contributed by atoms with Crippen LogP contribution in [0.25, 0.3) is 0 Å². The van der Waals surface area contributed by atoms with Gasteiger partial charge in [0.05, 0.1) is 0 Å². The summed E-state index contributed by atoms with van der Waals surface area (Å²) in [5.41, 5.74) is 0. The first-order valence-electron chi connectivity index (χ1n) is 0. The zero-order valence-electron chi connectivity index (χ0n) is 1.33. The maximum Gasteiger partial charge on any atom is 0.187 e. The van der Waals surface area contributed by atoms with Crippen molar-refractivity contribution in [2.75, 3.05) is 0 Å². The maximum atomic E-state index is 0. The topological polar surface area (TPSA) is 0 Å². The molecular weight excluding hydrogens is 317 g/mol. The normalized spacial score (nSPS) is 0. The van der Waals surface area contributed by atoms with Crippen molar-refractivity contribution >= 4 is 17.4 Å². The van der Waals surface area contributed by atoms with Gasteiger partial charge in [0, 0.05) is 84.7 Å². The average Bonchev–Trinajstić information content (AvgIpc) is 0. The molecule has 0 rings (SSSR count). The largest absolute Gasteiger partial charge is 0.187 e. The minimum absolute atomic E-state index is 0. The Morgan fingerprint density at radius 3 is 1.00 bits per heavy atom. The minimum atomic E-state index is 0. The van der Waals surface area contributed by atoms with Crippen LogP contribution in [0.1, 0.15) is 0 Å². The molecule has 0 nitrogen and oxygen atoms in total. The van der Waals surface area contributed by atoms with Crippen LogP contribution in [0.5, 0.6) is 0 Å². The first-order valence-corrected chi connectivity index (χ1v) is 0. The Morgan fingerprint density at radius 2 is 1.00 bits per heavy atom. The molecule has 23 valence electrons. The van der Waals surface area contributed by atoms with Crippen molar-refractivity contribution in [3.8, 4) is 0 Å². The Hall–Kier alpha value is 3.30. The number of hydrogen-bond donors (Lipinski definition) is 0. The molecule has 0 aromatic carbocycles. The van der Waals surface area contributed by atoms with Gasteiger partial charge in [-0.2, -0.15) is 0 Å². The molecule has 0 bridgehead atoms. The van der Waals surface area contributed by atoms with Crippen LogP contribution < -0.4 is 0 Å². The molecule has 0 aliphatic rings. The Morgan fingerprint density at radius 1 is 1.00 bits per heavy atom. The molecule has 4 heavy (non-hydrogen) atoms. The van der Waals surface area contributed by atoms with E-state index in [1.165, 1.54) is 0 Å². The third kappa shape index (κ3) is 9.00. The standard InChI is InChI=1S/Al.Ce.Co.Zr.3H. The Bertz CT molecular complexity index is 8.00. The molecule has 0 saturated heterocycles. The second kappa shape index (κ2) is 16.3. The van der Waals surface area contributed by atoms with Gasteiger partial charge in [-0.3, -0.25) is 0 Å². The van der Waals surface area contributed by atoms with Crippen LogP contribution >= 0.6 is 0 Å². The van der Waals surface area contributed by atoms with E-state index in [1.54, 1.807) is 0 Å². The first-order chi connectivity index (χ1) is 0. The average molecular weight is 320 g/mol. The van der Waals surface area contributed by atoms with E-state index in [2.05, 4.69) is 0 Å². The van der Waals surface area contributed by atoms with E-state index in [0.717, 1.165) is 0 Å². The predicted octanol–water partition coefficient (Wildman–Crippen LogP) is -1.19. The second-order valence-corrected chi connectivity index (χ2v) is 0. The van der Waals surface area contributed by atoms with Gasteiger partial charge in [-0.15, -0.1) is 0 Å². The van der Waals surface area contributed by atoms with Crippen molar-refractivity contribution in [3.63, 3.8) is 0 Å². The molecule has 0 aliphatic heterocycles. The second-order valence-electron chi connectivity index (χ2n) is 0. The van der Waals surface area contributed by atoms with Gasteiger partial charge in [0.2, 0.25) is 0 Å². The van der Waals surface area contributed by atoms with Crippen molar-refractivity contribution in [2.24, 2.45) is 0 Å². The summed E-state index contributed by atoms with van der Waals surface area (Å²) in [6, 6.07) is 0. The molecule has 0 unspecified atom stereocenters. The van der Waals surface area contributed by atoms with E-state index in [-0.39, 0.29) is 102 Å². The quantitative estimate of drug-likeness (QED) is 0.493. The number of hydrogen-bond acceptors (Lipinski definition) is 0. The fourth-order valence-electron chi connectivity index (χ4n) is 0. The van der Waals surface area contributed by atoms with Crippen LogP contribution in [-0.4, -0.2) is 17.4 Å². The molecule has 4 heteroatoms. The van der Waals surface area contributed by atoms with E-state index in [4.69, 9.17) is 0 Å². The summed E-state index contributed by atoms with van der Waals surface area (Å²) in [6.07, 6.45) is 0. The third-order valence-electron chi connectivity index (χ3n) is 0. The van der Waals surface area contributed by atoms with Crippen LogP contribution in [0.3, 0.4) is 0 Å². The van der Waals surface area contributed by atoms with Crippen LogP contribution in [0.4, 0.5) is 0 Å². The van der Waals surface area contributed by atoms with E-state index >= 15 is 0 Å². The van der Waals surface area contributed by atoms with Gasteiger partial charge >= 0.3 is 0 Å². The van der Waals surface area contributed by atoms with E-state index in [9.17, 15) is 0 Å². The maximum absolute atomic E-state index is 0. The fourth-order valence-corrected chi connectivity index (χ4v) is 0. The summed E-state index contributed by atoms with van der Waals surface area (Å²) < 4.78 is 0. The molecule has 1 radical (unpaired) electrons. The molecule has 0 saturated carbocycles. The minimum Gasteiger partial charge on any atom is 0 e. The van der Waals surface area contributed by atoms with Crippen molar-refractivity contribution < 1.29 is 84.7 Å². The van der Waals surface area contributed by atoms with Gasteiger partial charge in [0.1, 0.15) is 0 Å². The van der Waals surface area contributed by atoms with E-state index in [1.807, 2.05) is 0 Å². The van der Waals surface area contributed by atoms with Gasteiger partial charge in [-0.25, -0.2) is 0 Å². The van der Waals surface area contributed by atoms with Gasteiger partial charge in [0.15, 0.2) is 17.4 Å². The summed E-state index contributed by atoms with van der Waals surface area (Å²) in [7, 11) is 0. The summed E-state index contributed by atoms with van der Waals surface area (Å²) in [5, 5.41) is 0. The zero-order valence-corrected chi connectivity index (χ0v) is 7.97. The van der Waals surface area contributed by atoms with Crippen LogP contribution in [0.15, 0.2) is 0 Å². The Labute approximate surface area is 99.7 Å². The molecule has 0 aromatic heterocycles. The zero-order chi connectivity index (χ0) is 0. The monoisotopic (exact) mass is 319 g/mol. The summed E-state index contributed by atoms with van der Waals surface area (Å²) in [5.74, 6) is 0. The molecule has 0 amide bonds. The summed E-state index contributed by atoms with van der Waals surface area (Å²) in [4.78, 5) is 0. The van der Waals surface area contributed by atoms with Crippen LogP contribution in [0.2, 0.25) is 0 Å². The molecular formula is H3AlCeCoZr.